The minimum absolute atomic E-state index is 0.0785. The van der Waals surface area contributed by atoms with Gasteiger partial charge in [0.2, 0.25) is 0 Å². The van der Waals surface area contributed by atoms with Crippen LogP contribution in [0.1, 0.15) is 66.2 Å². The molecule has 0 bridgehead atoms. The van der Waals surface area contributed by atoms with Crippen molar-refractivity contribution in [2.75, 3.05) is 13.2 Å². The summed E-state index contributed by atoms with van der Waals surface area (Å²) in [5.74, 6) is 0.759. The van der Waals surface area contributed by atoms with Crippen molar-refractivity contribution in [1.82, 2.24) is 0 Å². The van der Waals surface area contributed by atoms with Gasteiger partial charge in [0.15, 0.2) is 11.6 Å². The summed E-state index contributed by atoms with van der Waals surface area (Å²) in [5, 5.41) is 0. The lowest BCUT2D eigenvalue weighted by atomic mass is 9.47. The first-order valence-electron chi connectivity index (χ1n) is 11.1. The minimum atomic E-state index is -0.519. The number of ether oxygens (including phenoxy) is 3. The zero-order valence-corrected chi connectivity index (χ0v) is 17.3. The fraction of sp³-hybridized carbons (Fsp3) is 0.870. The third kappa shape index (κ3) is 2.24. The second-order valence-electron chi connectivity index (χ2n) is 9.91. The number of hydrogen-bond donors (Lipinski definition) is 0. The molecule has 0 N–H and O–H groups in total. The Morgan fingerprint density at radius 3 is 2.44 bits per heavy atom. The Morgan fingerprint density at radius 1 is 1.04 bits per heavy atom. The highest BCUT2D eigenvalue weighted by Crippen LogP contribution is 2.68. The SMILES string of the molecule is CCOC1(OCC)CC[C@H]2[C@@H]3C(=O)C=C4[C@@H]5O[C@@H]5CC[C@]4(C)[C@H]3CC[C@@]21C. The van der Waals surface area contributed by atoms with Gasteiger partial charge in [-0.1, -0.05) is 13.8 Å². The van der Waals surface area contributed by atoms with Gasteiger partial charge in [-0.25, -0.2) is 0 Å². The summed E-state index contributed by atoms with van der Waals surface area (Å²) in [5.41, 5.74) is 1.37. The molecule has 7 atom stereocenters. The Labute approximate surface area is 163 Å². The first kappa shape index (κ1) is 18.3. The van der Waals surface area contributed by atoms with Crippen molar-refractivity contribution < 1.29 is 19.0 Å². The van der Waals surface area contributed by atoms with Crippen LogP contribution < -0.4 is 0 Å². The number of carbonyl (C=O) groups excluding carboxylic acids is 1. The van der Waals surface area contributed by atoms with Crippen LogP contribution in [0, 0.1) is 28.6 Å². The van der Waals surface area contributed by atoms with Crippen molar-refractivity contribution in [2.45, 2.75) is 84.2 Å². The molecule has 4 fully saturated rings. The number of ketones is 1. The molecule has 0 spiro atoms. The van der Waals surface area contributed by atoms with E-state index in [0.717, 1.165) is 32.1 Å². The minimum Gasteiger partial charge on any atom is -0.365 e. The van der Waals surface area contributed by atoms with E-state index in [-0.39, 0.29) is 22.9 Å². The Balaban J connectivity index is 1.53. The van der Waals surface area contributed by atoms with Crippen LogP contribution in [-0.4, -0.2) is 37.0 Å². The maximum absolute atomic E-state index is 13.4. The van der Waals surface area contributed by atoms with Gasteiger partial charge in [0, 0.05) is 31.0 Å². The summed E-state index contributed by atoms with van der Waals surface area (Å²) in [6, 6.07) is 0. The van der Waals surface area contributed by atoms with Crippen LogP contribution in [-0.2, 0) is 19.0 Å². The highest BCUT2D eigenvalue weighted by atomic mass is 16.7. The molecule has 27 heavy (non-hydrogen) atoms. The highest BCUT2D eigenvalue weighted by Gasteiger charge is 2.68. The van der Waals surface area contributed by atoms with Crippen LogP contribution in [0.2, 0.25) is 0 Å². The zero-order chi connectivity index (χ0) is 19.0. The lowest BCUT2D eigenvalue weighted by Gasteiger charge is -2.57. The molecule has 1 saturated heterocycles. The molecule has 150 valence electrons. The van der Waals surface area contributed by atoms with Crippen molar-refractivity contribution in [3.63, 3.8) is 0 Å². The molecular weight excluding hydrogens is 340 g/mol. The van der Waals surface area contributed by atoms with Crippen LogP contribution in [0.3, 0.4) is 0 Å². The van der Waals surface area contributed by atoms with Gasteiger partial charge in [-0.15, -0.1) is 0 Å². The van der Waals surface area contributed by atoms with Gasteiger partial charge in [-0.2, -0.15) is 0 Å². The normalized spacial score (nSPS) is 49.6. The van der Waals surface area contributed by atoms with Crippen LogP contribution >= 0.6 is 0 Å². The summed E-state index contributed by atoms with van der Waals surface area (Å²) < 4.78 is 18.5. The summed E-state index contributed by atoms with van der Waals surface area (Å²) in [4.78, 5) is 13.4. The standard InChI is InChI=1S/C23H34O4/c1-5-25-23(26-6-2)12-8-15-19-14(7-11-22(15,23)4)21(3)10-9-18-20(27-18)16(21)13-17(19)24/h13-15,18-20H,5-12H2,1-4H3/t14-,15-,18+,19+,20-,21+,22-/m0/s1. The second-order valence-corrected chi connectivity index (χ2v) is 9.91. The van der Waals surface area contributed by atoms with E-state index in [2.05, 4.69) is 27.7 Å². The average molecular weight is 375 g/mol. The summed E-state index contributed by atoms with van der Waals surface area (Å²) in [6.45, 7) is 10.2. The van der Waals surface area contributed by atoms with Crippen LogP contribution in [0.15, 0.2) is 11.6 Å². The Morgan fingerprint density at radius 2 is 1.74 bits per heavy atom. The topological polar surface area (TPSA) is 48.1 Å². The number of hydrogen-bond acceptors (Lipinski definition) is 4. The zero-order valence-electron chi connectivity index (χ0n) is 17.3. The molecule has 4 nitrogen and oxygen atoms in total. The quantitative estimate of drug-likeness (QED) is 0.544. The van der Waals surface area contributed by atoms with E-state index >= 15 is 0 Å². The van der Waals surface area contributed by atoms with Gasteiger partial charge in [-0.05, 0) is 74.9 Å². The molecule has 0 aromatic carbocycles. The largest absolute Gasteiger partial charge is 0.365 e. The van der Waals surface area contributed by atoms with Gasteiger partial charge >= 0.3 is 0 Å². The lowest BCUT2D eigenvalue weighted by Crippen LogP contribution is -2.58. The fourth-order valence-electron chi connectivity index (χ4n) is 7.64. The average Bonchev–Trinajstić information content (AvgIpc) is 3.36. The number of carbonyl (C=O) groups is 1. The summed E-state index contributed by atoms with van der Waals surface area (Å²) in [7, 11) is 0. The second kappa shape index (κ2) is 5.90. The molecule has 4 heteroatoms. The Hall–Kier alpha value is -0.710. The molecule has 0 amide bonds. The lowest BCUT2D eigenvalue weighted by molar-refractivity contribution is -0.296. The molecule has 4 aliphatic carbocycles. The maximum atomic E-state index is 13.4. The van der Waals surface area contributed by atoms with Gasteiger partial charge in [0.1, 0.15) is 6.10 Å². The van der Waals surface area contributed by atoms with Gasteiger partial charge < -0.3 is 14.2 Å². The molecule has 1 aliphatic heterocycles. The highest BCUT2D eigenvalue weighted by molar-refractivity contribution is 5.95. The van der Waals surface area contributed by atoms with Crippen LogP contribution in [0.25, 0.3) is 0 Å². The Bertz CT molecular complexity index is 678. The van der Waals surface area contributed by atoms with E-state index in [1.807, 2.05) is 6.08 Å². The molecule has 0 aromatic rings. The van der Waals surface area contributed by atoms with Crippen LogP contribution in [0.5, 0.6) is 0 Å². The predicted molar refractivity (Wildman–Crippen MR) is 102 cm³/mol. The van der Waals surface area contributed by atoms with E-state index < -0.39 is 5.79 Å². The molecule has 5 rings (SSSR count). The number of allylic oxidation sites excluding steroid dienone is 1. The first-order valence-corrected chi connectivity index (χ1v) is 11.1. The molecular formula is C23H34O4. The van der Waals surface area contributed by atoms with Gasteiger partial charge in [0.05, 0.1) is 6.10 Å². The van der Waals surface area contributed by atoms with Gasteiger partial charge in [0.25, 0.3) is 0 Å². The fourth-order valence-corrected chi connectivity index (χ4v) is 7.64. The predicted octanol–water partition coefficient (Wildman–Crippen LogP) is 4.27. The van der Waals surface area contributed by atoms with E-state index in [1.54, 1.807) is 0 Å². The number of fused-ring (bicyclic) bond motifs is 7. The number of epoxide rings is 1. The smallest absolute Gasteiger partial charge is 0.173 e. The molecule has 0 radical (unpaired) electrons. The van der Waals surface area contributed by atoms with Crippen molar-refractivity contribution in [3.8, 4) is 0 Å². The maximum Gasteiger partial charge on any atom is 0.173 e. The molecule has 0 unspecified atom stereocenters. The Kier molecular flexibility index (Phi) is 4.00. The third-order valence-electron chi connectivity index (χ3n) is 9.01. The number of rotatable bonds is 4. The first-order chi connectivity index (χ1) is 12.9. The van der Waals surface area contributed by atoms with Gasteiger partial charge in [-0.3, -0.25) is 4.79 Å². The van der Waals surface area contributed by atoms with E-state index in [4.69, 9.17) is 14.2 Å². The van der Waals surface area contributed by atoms with Crippen molar-refractivity contribution in [1.29, 1.82) is 0 Å². The van der Waals surface area contributed by atoms with Crippen molar-refractivity contribution in [2.24, 2.45) is 28.6 Å². The molecule has 3 saturated carbocycles. The third-order valence-corrected chi connectivity index (χ3v) is 9.01. The molecule has 0 aromatic heterocycles. The van der Waals surface area contributed by atoms with E-state index in [9.17, 15) is 4.79 Å². The monoisotopic (exact) mass is 374 g/mol. The molecule has 1 heterocycles. The van der Waals surface area contributed by atoms with Crippen LogP contribution in [0.4, 0.5) is 0 Å². The summed E-state index contributed by atoms with van der Waals surface area (Å²) in [6.07, 6.45) is 9.06. The van der Waals surface area contributed by atoms with E-state index in [1.165, 1.54) is 12.0 Å². The van der Waals surface area contributed by atoms with E-state index in [0.29, 0.717) is 36.9 Å². The van der Waals surface area contributed by atoms with Crippen molar-refractivity contribution in [3.05, 3.63) is 11.6 Å². The summed E-state index contributed by atoms with van der Waals surface area (Å²) >= 11 is 0. The van der Waals surface area contributed by atoms with Crippen molar-refractivity contribution >= 4 is 5.78 Å². The molecule has 5 aliphatic rings.